The van der Waals surface area contributed by atoms with Crippen molar-refractivity contribution in [2.24, 2.45) is 0 Å². The highest BCUT2D eigenvalue weighted by molar-refractivity contribution is 5.68. The second-order valence-electron chi connectivity index (χ2n) is 6.53. The Balaban J connectivity index is 2.70. The van der Waals surface area contributed by atoms with Gasteiger partial charge < -0.3 is 10.1 Å². The third-order valence-corrected chi connectivity index (χ3v) is 3.12. The Hall–Kier alpha value is -1.72. The molecule has 6 heteroatoms. The summed E-state index contributed by atoms with van der Waals surface area (Å²) in [6.45, 7) is 7.31. The molecule has 1 atom stereocenters. The molecule has 0 spiro atoms. The largest absolute Gasteiger partial charge is 0.444 e. The number of hydrogen-bond acceptors (Lipinski definition) is 2. The van der Waals surface area contributed by atoms with E-state index in [0.29, 0.717) is 6.42 Å². The summed E-state index contributed by atoms with van der Waals surface area (Å²) in [6, 6.07) is 4.84. The van der Waals surface area contributed by atoms with Gasteiger partial charge >= 0.3 is 12.3 Å². The monoisotopic (exact) mass is 331 g/mol. The molecule has 0 heterocycles. The summed E-state index contributed by atoms with van der Waals surface area (Å²) < 4.78 is 42.9. The maximum Gasteiger partial charge on any atom is 0.416 e. The molecule has 1 aromatic rings. The van der Waals surface area contributed by atoms with E-state index in [1.807, 2.05) is 6.92 Å². The van der Waals surface area contributed by atoms with E-state index in [1.54, 1.807) is 20.8 Å². The first-order valence-electron chi connectivity index (χ1n) is 7.67. The summed E-state index contributed by atoms with van der Waals surface area (Å²) in [6.07, 6.45) is -2.81. The van der Waals surface area contributed by atoms with Gasteiger partial charge in [0.1, 0.15) is 5.60 Å². The molecule has 0 radical (unpaired) electrons. The Morgan fingerprint density at radius 3 is 2.17 bits per heavy atom. The summed E-state index contributed by atoms with van der Waals surface area (Å²) in [7, 11) is 0. The number of hydrogen-bond donors (Lipinski definition) is 1. The number of halogens is 3. The second-order valence-corrected chi connectivity index (χ2v) is 6.53. The van der Waals surface area contributed by atoms with Crippen LogP contribution in [0.5, 0.6) is 0 Å². The van der Waals surface area contributed by atoms with Crippen molar-refractivity contribution in [3.05, 3.63) is 35.4 Å². The molecule has 1 rings (SSSR count). The molecule has 0 bridgehead atoms. The van der Waals surface area contributed by atoms with Gasteiger partial charge in [-0.05, 0) is 51.3 Å². The minimum absolute atomic E-state index is 0.174. The van der Waals surface area contributed by atoms with E-state index in [1.165, 1.54) is 12.1 Å². The van der Waals surface area contributed by atoms with Crippen LogP contribution in [0.2, 0.25) is 0 Å². The molecule has 1 aromatic carbocycles. The molecular weight excluding hydrogens is 307 g/mol. The van der Waals surface area contributed by atoms with Crippen LogP contribution in [-0.2, 0) is 17.3 Å². The molecule has 0 saturated carbocycles. The lowest BCUT2D eigenvalue weighted by Crippen LogP contribution is -2.40. The second kappa shape index (κ2) is 7.70. The van der Waals surface area contributed by atoms with Crippen molar-refractivity contribution in [3.8, 4) is 0 Å². The van der Waals surface area contributed by atoms with E-state index in [2.05, 4.69) is 5.32 Å². The normalized spacial score (nSPS) is 13.5. The standard InChI is InChI=1S/C17H24F3NO2/c1-5-6-14(21-15(22)23-16(2,3)4)11-12-7-9-13(10-8-12)17(18,19)20/h7-10,14H,5-6,11H2,1-4H3,(H,21,22)/t14-/m1/s1. The van der Waals surface area contributed by atoms with Gasteiger partial charge in [-0.15, -0.1) is 0 Å². The van der Waals surface area contributed by atoms with Gasteiger partial charge in [0.15, 0.2) is 0 Å². The number of amides is 1. The van der Waals surface area contributed by atoms with E-state index in [9.17, 15) is 18.0 Å². The Morgan fingerprint density at radius 2 is 1.74 bits per heavy atom. The summed E-state index contributed by atoms with van der Waals surface area (Å²) in [5.74, 6) is 0. The van der Waals surface area contributed by atoms with Gasteiger partial charge in [-0.1, -0.05) is 25.5 Å². The zero-order valence-electron chi connectivity index (χ0n) is 14.0. The lowest BCUT2D eigenvalue weighted by molar-refractivity contribution is -0.137. The first-order valence-corrected chi connectivity index (χ1v) is 7.67. The lowest BCUT2D eigenvalue weighted by Gasteiger charge is -2.23. The number of nitrogens with one attached hydrogen (secondary N) is 1. The van der Waals surface area contributed by atoms with E-state index < -0.39 is 23.4 Å². The SMILES string of the molecule is CCC[C@H](Cc1ccc(C(F)(F)F)cc1)NC(=O)OC(C)(C)C. The van der Waals surface area contributed by atoms with Crippen molar-refractivity contribution in [2.45, 2.75) is 64.8 Å². The maximum atomic E-state index is 12.6. The Bertz CT molecular complexity index is 504. The van der Waals surface area contributed by atoms with Gasteiger partial charge in [0.05, 0.1) is 5.56 Å². The van der Waals surface area contributed by atoms with Gasteiger partial charge in [-0.25, -0.2) is 4.79 Å². The van der Waals surface area contributed by atoms with Crippen molar-refractivity contribution in [2.75, 3.05) is 0 Å². The van der Waals surface area contributed by atoms with Crippen molar-refractivity contribution >= 4 is 6.09 Å². The number of carbonyl (C=O) groups is 1. The average Bonchev–Trinajstić information content (AvgIpc) is 2.36. The number of rotatable bonds is 5. The molecule has 1 N–H and O–H groups in total. The summed E-state index contributed by atoms with van der Waals surface area (Å²) in [5, 5.41) is 2.78. The average molecular weight is 331 g/mol. The number of benzene rings is 1. The van der Waals surface area contributed by atoms with Gasteiger partial charge in [-0.3, -0.25) is 0 Å². The smallest absolute Gasteiger partial charge is 0.416 e. The number of carbonyl (C=O) groups excluding carboxylic acids is 1. The fourth-order valence-electron chi connectivity index (χ4n) is 2.16. The third-order valence-electron chi connectivity index (χ3n) is 3.12. The predicted octanol–water partition coefficient (Wildman–Crippen LogP) is 4.94. The zero-order valence-corrected chi connectivity index (χ0v) is 14.0. The maximum absolute atomic E-state index is 12.6. The summed E-state index contributed by atoms with van der Waals surface area (Å²) >= 11 is 0. The zero-order chi connectivity index (χ0) is 17.7. The highest BCUT2D eigenvalue weighted by Crippen LogP contribution is 2.29. The van der Waals surface area contributed by atoms with E-state index in [0.717, 1.165) is 30.5 Å². The van der Waals surface area contributed by atoms with Crippen LogP contribution in [0, 0.1) is 0 Å². The fourth-order valence-corrected chi connectivity index (χ4v) is 2.16. The van der Waals surface area contributed by atoms with Crippen LogP contribution in [0.1, 0.15) is 51.7 Å². The topological polar surface area (TPSA) is 38.3 Å². The number of alkyl halides is 3. The minimum Gasteiger partial charge on any atom is -0.444 e. The molecule has 0 aliphatic rings. The Morgan fingerprint density at radius 1 is 1.17 bits per heavy atom. The molecule has 0 saturated heterocycles. The third kappa shape index (κ3) is 7.39. The van der Waals surface area contributed by atoms with Crippen LogP contribution in [-0.4, -0.2) is 17.7 Å². The van der Waals surface area contributed by atoms with E-state index in [-0.39, 0.29) is 6.04 Å². The fraction of sp³-hybridized carbons (Fsp3) is 0.588. The molecule has 130 valence electrons. The summed E-state index contributed by atoms with van der Waals surface area (Å²) in [5.41, 5.74) is -0.518. The van der Waals surface area contributed by atoms with Gasteiger partial charge in [0, 0.05) is 6.04 Å². The van der Waals surface area contributed by atoms with Crippen molar-refractivity contribution in [1.29, 1.82) is 0 Å². The highest BCUT2D eigenvalue weighted by atomic mass is 19.4. The Labute approximate surface area is 135 Å². The van der Waals surface area contributed by atoms with Gasteiger partial charge in [0.2, 0.25) is 0 Å². The molecule has 3 nitrogen and oxygen atoms in total. The molecule has 1 amide bonds. The molecule has 23 heavy (non-hydrogen) atoms. The van der Waals surface area contributed by atoms with Gasteiger partial charge in [0.25, 0.3) is 0 Å². The van der Waals surface area contributed by atoms with Crippen LogP contribution >= 0.6 is 0 Å². The molecule has 0 aromatic heterocycles. The van der Waals surface area contributed by atoms with Crippen molar-refractivity contribution < 1.29 is 22.7 Å². The lowest BCUT2D eigenvalue weighted by atomic mass is 10.0. The van der Waals surface area contributed by atoms with Gasteiger partial charge in [-0.2, -0.15) is 13.2 Å². The molecule has 0 aliphatic carbocycles. The molecular formula is C17H24F3NO2. The molecule has 0 aliphatic heterocycles. The summed E-state index contributed by atoms with van der Waals surface area (Å²) in [4.78, 5) is 11.8. The number of ether oxygens (including phenoxy) is 1. The van der Waals surface area contributed by atoms with Crippen LogP contribution in [0.4, 0.5) is 18.0 Å². The van der Waals surface area contributed by atoms with E-state index in [4.69, 9.17) is 4.74 Å². The van der Waals surface area contributed by atoms with Crippen molar-refractivity contribution in [3.63, 3.8) is 0 Å². The quantitative estimate of drug-likeness (QED) is 0.830. The highest BCUT2D eigenvalue weighted by Gasteiger charge is 2.30. The van der Waals surface area contributed by atoms with Crippen LogP contribution in [0.3, 0.4) is 0 Å². The van der Waals surface area contributed by atoms with Crippen LogP contribution < -0.4 is 5.32 Å². The van der Waals surface area contributed by atoms with E-state index >= 15 is 0 Å². The number of alkyl carbamates (subject to hydrolysis) is 1. The molecule has 0 fully saturated rings. The molecule has 0 unspecified atom stereocenters. The van der Waals surface area contributed by atoms with Crippen molar-refractivity contribution in [1.82, 2.24) is 5.32 Å². The van der Waals surface area contributed by atoms with Crippen LogP contribution in [0.15, 0.2) is 24.3 Å². The predicted molar refractivity (Wildman–Crippen MR) is 83.2 cm³/mol. The first kappa shape index (κ1) is 19.3. The minimum atomic E-state index is -4.34. The first-order chi connectivity index (χ1) is 10.5. The Kier molecular flexibility index (Phi) is 6.47. The van der Waals surface area contributed by atoms with Crippen LogP contribution in [0.25, 0.3) is 0 Å².